The van der Waals surface area contributed by atoms with Gasteiger partial charge in [-0.3, -0.25) is 4.79 Å². The average Bonchev–Trinajstić information content (AvgIpc) is 2.69. The minimum Gasteiger partial charge on any atom is -0.344 e. The van der Waals surface area contributed by atoms with E-state index < -0.39 is 0 Å². The van der Waals surface area contributed by atoms with E-state index in [1.54, 1.807) is 4.90 Å². The van der Waals surface area contributed by atoms with Crippen LogP contribution in [0.2, 0.25) is 0 Å². The third-order valence-corrected chi connectivity index (χ3v) is 3.84. The van der Waals surface area contributed by atoms with Gasteiger partial charge in [-0.25, -0.2) is 0 Å². The van der Waals surface area contributed by atoms with Crippen molar-refractivity contribution in [1.82, 2.24) is 4.90 Å². The van der Waals surface area contributed by atoms with Crippen LogP contribution in [-0.2, 0) is 4.79 Å². The molecule has 2 rings (SSSR count). The van der Waals surface area contributed by atoms with Gasteiger partial charge in [0.05, 0.1) is 12.0 Å². The van der Waals surface area contributed by atoms with E-state index in [1.165, 1.54) is 19.3 Å². The molecule has 0 aliphatic heterocycles. The molecule has 0 spiro atoms. The van der Waals surface area contributed by atoms with Crippen molar-refractivity contribution in [2.24, 2.45) is 23.7 Å². The maximum atomic E-state index is 12.0. The summed E-state index contributed by atoms with van der Waals surface area (Å²) in [5.41, 5.74) is 0. The molecule has 3 heteroatoms. The van der Waals surface area contributed by atoms with Crippen LogP contribution in [0.15, 0.2) is 0 Å². The van der Waals surface area contributed by atoms with Crippen LogP contribution in [0.3, 0.4) is 0 Å². The number of carbonyl (C=O) groups excluding carboxylic acids is 1. The zero-order valence-corrected chi connectivity index (χ0v) is 9.44. The van der Waals surface area contributed by atoms with Crippen LogP contribution in [-0.4, -0.2) is 24.4 Å². The third-order valence-electron chi connectivity index (χ3n) is 3.84. The van der Waals surface area contributed by atoms with Gasteiger partial charge in [0.25, 0.3) is 0 Å². The fraction of sp³-hybridized carbons (Fsp3) is 0.833. The Morgan fingerprint density at radius 2 is 2.13 bits per heavy atom. The van der Waals surface area contributed by atoms with E-state index in [9.17, 15) is 4.79 Å². The van der Waals surface area contributed by atoms with E-state index in [2.05, 4.69) is 6.07 Å². The quantitative estimate of drug-likeness (QED) is 0.704. The summed E-state index contributed by atoms with van der Waals surface area (Å²) in [5.74, 6) is 1.87. The number of hydrogen-bond acceptors (Lipinski definition) is 2. The Morgan fingerprint density at radius 3 is 2.67 bits per heavy atom. The topological polar surface area (TPSA) is 44.1 Å². The molecule has 2 aliphatic rings. The highest BCUT2D eigenvalue weighted by Crippen LogP contribution is 2.58. The summed E-state index contributed by atoms with van der Waals surface area (Å²) in [6.45, 7) is 2.43. The number of amides is 1. The largest absolute Gasteiger partial charge is 0.344 e. The van der Waals surface area contributed by atoms with Gasteiger partial charge in [-0.15, -0.1) is 0 Å². The second-order valence-electron chi connectivity index (χ2n) is 5.03. The fourth-order valence-corrected chi connectivity index (χ4v) is 2.98. The van der Waals surface area contributed by atoms with Crippen molar-refractivity contribution in [3.05, 3.63) is 0 Å². The molecule has 0 aromatic carbocycles. The van der Waals surface area contributed by atoms with E-state index in [0.29, 0.717) is 24.3 Å². The molecule has 3 unspecified atom stereocenters. The van der Waals surface area contributed by atoms with Crippen LogP contribution in [0.5, 0.6) is 0 Å². The molecule has 2 aliphatic carbocycles. The van der Waals surface area contributed by atoms with Gasteiger partial charge >= 0.3 is 0 Å². The number of carbonyl (C=O) groups is 1. The molecule has 0 radical (unpaired) electrons. The van der Waals surface area contributed by atoms with Crippen molar-refractivity contribution in [2.75, 3.05) is 13.6 Å². The summed E-state index contributed by atoms with van der Waals surface area (Å²) in [6, 6.07) is 2.17. The Bertz CT molecular complexity index is 297. The molecule has 0 N–H and O–H groups in total. The summed E-state index contributed by atoms with van der Waals surface area (Å²) < 4.78 is 0. The van der Waals surface area contributed by atoms with Gasteiger partial charge in [0.15, 0.2) is 0 Å². The van der Waals surface area contributed by atoms with Crippen molar-refractivity contribution in [1.29, 1.82) is 5.26 Å². The minimum absolute atomic E-state index is 0.0578. The smallest absolute Gasteiger partial charge is 0.226 e. The van der Waals surface area contributed by atoms with Gasteiger partial charge in [0.2, 0.25) is 5.91 Å². The van der Waals surface area contributed by atoms with Crippen LogP contribution in [0, 0.1) is 35.0 Å². The van der Waals surface area contributed by atoms with Crippen molar-refractivity contribution >= 4 is 5.91 Å². The van der Waals surface area contributed by atoms with Crippen LogP contribution >= 0.6 is 0 Å². The second-order valence-corrected chi connectivity index (χ2v) is 5.03. The molecular formula is C12H18N2O. The lowest BCUT2D eigenvalue weighted by Crippen LogP contribution is -2.32. The van der Waals surface area contributed by atoms with Crippen molar-refractivity contribution < 1.29 is 4.79 Å². The highest BCUT2D eigenvalue weighted by molar-refractivity contribution is 5.82. The highest BCUT2D eigenvalue weighted by atomic mass is 16.2. The first-order chi connectivity index (χ1) is 7.15. The number of hydrogen-bond donors (Lipinski definition) is 0. The summed E-state index contributed by atoms with van der Waals surface area (Å²) >= 11 is 0. The van der Waals surface area contributed by atoms with E-state index in [1.807, 2.05) is 14.0 Å². The zero-order valence-electron chi connectivity index (χ0n) is 9.44. The van der Waals surface area contributed by atoms with Gasteiger partial charge in [0.1, 0.15) is 0 Å². The molecule has 1 amide bonds. The number of rotatable bonds is 3. The SMILES string of the molecule is CC(C#N)CN(C)C(=O)C1C2CCCC21. The Morgan fingerprint density at radius 1 is 1.53 bits per heavy atom. The molecular weight excluding hydrogens is 188 g/mol. The Kier molecular flexibility index (Phi) is 2.68. The first-order valence-electron chi connectivity index (χ1n) is 5.79. The average molecular weight is 206 g/mol. The lowest BCUT2D eigenvalue weighted by atomic mass is 10.1. The summed E-state index contributed by atoms with van der Waals surface area (Å²) in [6.07, 6.45) is 3.78. The zero-order chi connectivity index (χ0) is 11.0. The van der Waals surface area contributed by atoms with Crippen LogP contribution in [0.4, 0.5) is 0 Å². The first kappa shape index (κ1) is 10.5. The summed E-state index contributed by atoms with van der Waals surface area (Å²) in [7, 11) is 1.82. The molecule has 2 fully saturated rings. The van der Waals surface area contributed by atoms with Crippen molar-refractivity contribution in [3.63, 3.8) is 0 Å². The number of fused-ring (bicyclic) bond motifs is 1. The normalized spacial score (nSPS) is 34.1. The summed E-state index contributed by atoms with van der Waals surface area (Å²) in [5, 5.41) is 8.69. The van der Waals surface area contributed by atoms with Gasteiger partial charge in [-0.05, 0) is 31.6 Å². The van der Waals surface area contributed by atoms with E-state index in [4.69, 9.17) is 5.26 Å². The van der Waals surface area contributed by atoms with Gasteiger partial charge in [-0.2, -0.15) is 5.26 Å². The van der Waals surface area contributed by atoms with Gasteiger partial charge in [0, 0.05) is 19.5 Å². The third kappa shape index (κ3) is 1.86. The Hall–Kier alpha value is -1.04. The molecule has 3 atom stereocenters. The maximum absolute atomic E-state index is 12.0. The minimum atomic E-state index is -0.0578. The summed E-state index contributed by atoms with van der Waals surface area (Å²) in [4.78, 5) is 13.7. The molecule has 2 saturated carbocycles. The monoisotopic (exact) mass is 206 g/mol. The van der Waals surface area contributed by atoms with E-state index in [-0.39, 0.29) is 11.8 Å². The molecule has 0 saturated heterocycles. The first-order valence-corrected chi connectivity index (χ1v) is 5.79. The van der Waals surface area contributed by atoms with Crippen molar-refractivity contribution in [2.45, 2.75) is 26.2 Å². The van der Waals surface area contributed by atoms with Crippen LogP contribution in [0.25, 0.3) is 0 Å². The predicted molar refractivity (Wildman–Crippen MR) is 56.7 cm³/mol. The molecule has 0 aromatic heterocycles. The molecule has 0 heterocycles. The van der Waals surface area contributed by atoms with Crippen LogP contribution < -0.4 is 0 Å². The van der Waals surface area contributed by atoms with Crippen LogP contribution in [0.1, 0.15) is 26.2 Å². The number of nitrogens with zero attached hydrogens (tertiary/aromatic N) is 2. The lowest BCUT2D eigenvalue weighted by Gasteiger charge is -2.19. The van der Waals surface area contributed by atoms with Crippen molar-refractivity contribution in [3.8, 4) is 6.07 Å². The fourth-order valence-electron chi connectivity index (χ4n) is 2.98. The van der Waals surface area contributed by atoms with E-state index in [0.717, 1.165) is 0 Å². The second kappa shape index (κ2) is 3.84. The Balaban J connectivity index is 1.84. The highest BCUT2D eigenvalue weighted by Gasteiger charge is 2.57. The standard InChI is InChI=1S/C12H18N2O/c1-8(6-13)7-14(2)12(15)11-9-4-3-5-10(9)11/h8-11H,3-5,7H2,1-2H3. The molecule has 0 aromatic rings. The molecule has 3 nitrogen and oxygen atoms in total. The van der Waals surface area contributed by atoms with Gasteiger partial charge < -0.3 is 4.90 Å². The molecule has 82 valence electrons. The molecule has 0 bridgehead atoms. The Labute approximate surface area is 91.1 Å². The van der Waals surface area contributed by atoms with E-state index >= 15 is 0 Å². The lowest BCUT2D eigenvalue weighted by molar-refractivity contribution is -0.132. The maximum Gasteiger partial charge on any atom is 0.226 e. The number of nitriles is 1. The predicted octanol–water partition coefficient (Wildman–Crippen LogP) is 1.65. The van der Waals surface area contributed by atoms with Gasteiger partial charge in [-0.1, -0.05) is 6.42 Å². The molecule has 15 heavy (non-hydrogen) atoms.